The molecule has 0 radical (unpaired) electrons. The zero-order valence-corrected chi connectivity index (χ0v) is 40.0. The number of carbonyl (C=O) groups is 3. The first-order valence-corrected chi connectivity index (χ1v) is 22.0. The molecule has 2 amide bonds. The number of benzene rings is 4. The van der Waals surface area contributed by atoms with Gasteiger partial charge < -0.3 is 25.2 Å². The molecule has 0 atom stereocenters. The number of amides is 2. The lowest BCUT2D eigenvalue weighted by Crippen LogP contribution is -2.44. The minimum Gasteiger partial charge on any atom is -0.465 e. The van der Waals surface area contributed by atoms with Gasteiger partial charge in [-0.15, -0.1) is 0 Å². The van der Waals surface area contributed by atoms with Crippen LogP contribution in [0.15, 0.2) is 72.8 Å². The third kappa shape index (κ3) is 10.2. The molecule has 328 valence electrons. The van der Waals surface area contributed by atoms with E-state index in [2.05, 4.69) is 28.4 Å². The number of esters is 1. The van der Waals surface area contributed by atoms with Gasteiger partial charge in [0.05, 0.1) is 48.3 Å². The fraction of sp³-hybridized carbons (Fsp3) is 0.311. The van der Waals surface area contributed by atoms with Crippen molar-refractivity contribution < 1.29 is 19.1 Å². The fourth-order valence-electron chi connectivity index (χ4n) is 7.09. The minimum atomic E-state index is -1.02. The number of rotatable bonds is 12. The van der Waals surface area contributed by atoms with Crippen molar-refractivity contribution in [3.05, 3.63) is 121 Å². The maximum atomic E-state index is 13.4. The molecular weight excluding hydrogens is 922 g/mol. The molecule has 63 heavy (non-hydrogen) atoms. The Balaban J connectivity index is 0.000000252. The summed E-state index contributed by atoms with van der Waals surface area (Å²) in [6.45, 7) is 28.7. The molecule has 2 fully saturated rings. The summed E-state index contributed by atoms with van der Waals surface area (Å²) in [6.07, 6.45) is 0.764. The van der Waals surface area contributed by atoms with Crippen LogP contribution in [0.4, 0.5) is 39.8 Å². The van der Waals surface area contributed by atoms with Crippen LogP contribution in [0.1, 0.15) is 53.5 Å². The Bertz CT molecular complexity index is 2570. The Morgan fingerprint density at radius 3 is 1.57 bits per heavy atom. The maximum Gasteiger partial charge on any atom is 0.310 e. The first-order chi connectivity index (χ1) is 29.7. The number of hydrogen-bond acceptors (Lipinski definition) is 8. The van der Waals surface area contributed by atoms with Gasteiger partial charge in [-0.1, -0.05) is 72.4 Å². The van der Waals surface area contributed by atoms with E-state index in [1.807, 2.05) is 0 Å². The van der Waals surface area contributed by atoms with Crippen LogP contribution in [-0.2, 0) is 25.5 Å². The van der Waals surface area contributed by atoms with Gasteiger partial charge in [0.2, 0.25) is 11.4 Å². The summed E-state index contributed by atoms with van der Waals surface area (Å²) < 4.78 is 5.43. The molecule has 0 bridgehead atoms. The number of anilines is 5. The molecule has 2 saturated heterocycles. The molecule has 0 aromatic heterocycles. The van der Waals surface area contributed by atoms with Gasteiger partial charge in [0.25, 0.3) is 11.8 Å². The number of hydrogen-bond donors (Lipinski definition) is 1. The molecule has 2 aliphatic heterocycles. The van der Waals surface area contributed by atoms with E-state index >= 15 is 0 Å². The second-order valence-corrected chi connectivity index (χ2v) is 17.7. The summed E-state index contributed by atoms with van der Waals surface area (Å²) in [6, 6.07) is 19.9. The second-order valence-electron chi connectivity index (χ2n) is 15.4. The molecule has 2 heterocycles. The first kappa shape index (κ1) is 49.0. The zero-order valence-electron chi connectivity index (χ0n) is 35.3. The van der Waals surface area contributed by atoms with E-state index in [1.165, 1.54) is 9.80 Å². The van der Waals surface area contributed by atoms with Crippen LogP contribution in [0.2, 0.25) is 20.1 Å². The molecule has 4 aromatic carbocycles. The van der Waals surface area contributed by atoms with Crippen LogP contribution in [0.3, 0.4) is 0 Å². The van der Waals surface area contributed by atoms with Crippen molar-refractivity contribution in [2.45, 2.75) is 65.5 Å². The number of nitrogen functional groups attached to an aromatic ring is 1. The van der Waals surface area contributed by atoms with Gasteiger partial charge in [0.1, 0.15) is 11.1 Å². The molecule has 2 N–H and O–H groups in total. The Labute approximate surface area is 398 Å². The van der Waals surface area contributed by atoms with Gasteiger partial charge in [-0.3, -0.25) is 24.2 Å². The van der Waals surface area contributed by atoms with Crippen molar-refractivity contribution in [3.8, 4) is 0 Å². The van der Waals surface area contributed by atoms with Crippen molar-refractivity contribution in [1.29, 1.82) is 0 Å². The summed E-state index contributed by atoms with van der Waals surface area (Å²) >= 11 is 36.1. The van der Waals surface area contributed by atoms with Gasteiger partial charge in [-0.2, -0.15) is 0 Å². The van der Waals surface area contributed by atoms with E-state index < -0.39 is 11.1 Å². The Morgan fingerprint density at radius 1 is 0.698 bits per heavy atom. The highest BCUT2D eigenvalue weighted by Gasteiger charge is 2.51. The predicted molar refractivity (Wildman–Crippen MR) is 263 cm³/mol. The van der Waals surface area contributed by atoms with E-state index in [-0.39, 0.29) is 39.4 Å². The quantitative estimate of drug-likeness (QED) is 0.0484. The van der Waals surface area contributed by atoms with Gasteiger partial charge in [-0.05, 0) is 138 Å². The van der Waals surface area contributed by atoms with Gasteiger partial charge >= 0.3 is 5.97 Å². The van der Waals surface area contributed by atoms with E-state index in [0.29, 0.717) is 67.1 Å². The number of ether oxygens (including phenoxy) is 1. The Morgan fingerprint density at radius 2 is 1.14 bits per heavy atom. The summed E-state index contributed by atoms with van der Waals surface area (Å²) in [4.78, 5) is 54.3. The van der Waals surface area contributed by atoms with E-state index in [9.17, 15) is 14.4 Å². The Hall–Kier alpha value is -5.03. The van der Waals surface area contributed by atoms with Gasteiger partial charge in [0.15, 0.2) is 10.2 Å². The standard InChI is InChI=1S/C27H30Cl2N4O3S.C18H14Cl2N4OS/c1-6-31(7-2)13-8-14-36-24(34)16-18-15-20(9-11-21(18)28)33-26(37)32(25(35)27(33,3)4)19-10-12-23(30-5)22(29)17-19;1-18(2)16(25)23(10-5-7-15(22-3)13(20)8-10)17(26)24(18)11-4-6-12(19)14(21)9-11/h9-12,15,17H,6-8,13-14,16H2,1-4H3;4-9H,21H2,1-2H3. The largest absolute Gasteiger partial charge is 0.465 e. The molecule has 4 aromatic rings. The molecule has 0 spiro atoms. The van der Waals surface area contributed by atoms with Crippen LogP contribution < -0.4 is 25.3 Å². The lowest BCUT2D eigenvalue weighted by molar-refractivity contribution is -0.143. The highest BCUT2D eigenvalue weighted by Crippen LogP contribution is 2.41. The van der Waals surface area contributed by atoms with Gasteiger partial charge in [0, 0.05) is 33.0 Å². The average molecular weight is 967 g/mol. The first-order valence-electron chi connectivity index (χ1n) is 19.7. The number of thiocarbonyl (C=S) groups is 2. The molecule has 0 saturated carbocycles. The topological polar surface area (TPSA) is 111 Å². The van der Waals surface area contributed by atoms with E-state index in [0.717, 1.165) is 26.1 Å². The zero-order chi connectivity index (χ0) is 46.6. The molecule has 12 nitrogen and oxygen atoms in total. The van der Waals surface area contributed by atoms with Crippen LogP contribution in [0, 0.1) is 13.1 Å². The average Bonchev–Trinajstić information content (AvgIpc) is 3.53. The van der Waals surface area contributed by atoms with Gasteiger partial charge in [-0.25, -0.2) is 9.69 Å². The highest BCUT2D eigenvalue weighted by atomic mass is 35.5. The highest BCUT2D eigenvalue weighted by molar-refractivity contribution is 7.81. The SMILES string of the molecule is [C-]#[N+]c1ccc(N2C(=O)C(C)(C)N(c3ccc(Cl)c(CC(=O)OCCCN(CC)CC)c3)C2=S)cc1Cl.[C-]#[N+]c1ccc(N2C(=O)C(C)(C)N(c3ccc(Cl)c(N)c3)C2=S)cc1Cl. The van der Waals surface area contributed by atoms with Crippen LogP contribution >= 0.6 is 70.8 Å². The third-order valence-corrected chi connectivity index (χ3v) is 12.6. The maximum absolute atomic E-state index is 13.4. The molecular formula is C45H44Cl4N8O4S2. The molecule has 2 aliphatic rings. The summed E-state index contributed by atoms with van der Waals surface area (Å²) in [5.41, 5.74) is 7.84. The number of nitrogens with two attached hydrogens (primary N) is 1. The molecule has 6 rings (SSSR count). The summed E-state index contributed by atoms with van der Waals surface area (Å²) in [5, 5.41) is 1.92. The monoisotopic (exact) mass is 964 g/mol. The molecule has 18 heteroatoms. The second kappa shape index (κ2) is 20.2. The summed E-state index contributed by atoms with van der Waals surface area (Å²) in [7, 11) is 0. The van der Waals surface area contributed by atoms with Crippen molar-refractivity contribution in [3.63, 3.8) is 0 Å². The fourth-order valence-corrected chi connectivity index (χ4v) is 8.87. The van der Waals surface area contributed by atoms with Crippen LogP contribution in [0.25, 0.3) is 9.69 Å². The third-order valence-electron chi connectivity index (χ3n) is 10.6. The van der Waals surface area contributed by atoms with E-state index in [4.69, 9.17) is 94.5 Å². The Kier molecular flexibility index (Phi) is 15.7. The smallest absolute Gasteiger partial charge is 0.310 e. The minimum absolute atomic E-state index is 0.00429. The van der Waals surface area contributed by atoms with Crippen LogP contribution in [0.5, 0.6) is 0 Å². The summed E-state index contributed by atoms with van der Waals surface area (Å²) in [5.74, 6) is -0.815. The number of nitrogens with zero attached hydrogens (tertiary/aromatic N) is 7. The van der Waals surface area contributed by atoms with Crippen molar-refractivity contribution >= 4 is 139 Å². The molecule has 0 unspecified atom stereocenters. The lowest BCUT2D eigenvalue weighted by atomic mass is 10.0. The number of carbonyl (C=O) groups excluding carboxylic acids is 3. The predicted octanol–water partition coefficient (Wildman–Crippen LogP) is 11.3. The number of halogens is 4. The van der Waals surface area contributed by atoms with Crippen molar-refractivity contribution in [2.24, 2.45) is 0 Å². The normalized spacial score (nSPS) is 15.4. The molecule has 0 aliphatic carbocycles. The van der Waals surface area contributed by atoms with Crippen LogP contribution in [-0.4, -0.2) is 70.2 Å². The lowest BCUT2D eigenvalue weighted by Gasteiger charge is -2.30. The van der Waals surface area contributed by atoms with Crippen molar-refractivity contribution in [1.82, 2.24) is 4.90 Å². The van der Waals surface area contributed by atoms with E-state index in [1.54, 1.807) is 110 Å². The van der Waals surface area contributed by atoms with Crippen molar-refractivity contribution in [2.75, 3.05) is 51.6 Å².